The van der Waals surface area contributed by atoms with Crippen molar-refractivity contribution in [1.82, 2.24) is 10.2 Å². The number of nitrogens with zero attached hydrogens (tertiary/aromatic N) is 2. The summed E-state index contributed by atoms with van der Waals surface area (Å²) < 4.78 is 34.1. The highest BCUT2D eigenvalue weighted by Crippen LogP contribution is 2.26. The Labute approximate surface area is 241 Å². The van der Waals surface area contributed by atoms with E-state index in [9.17, 15) is 18.0 Å². The lowest BCUT2D eigenvalue weighted by Crippen LogP contribution is -2.52. The van der Waals surface area contributed by atoms with Crippen molar-refractivity contribution in [3.63, 3.8) is 0 Å². The highest BCUT2D eigenvalue weighted by Gasteiger charge is 2.33. The van der Waals surface area contributed by atoms with Crippen LogP contribution in [0, 0.1) is 6.92 Å². The van der Waals surface area contributed by atoms with Gasteiger partial charge in [-0.05, 0) is 86.8 Å². The highest BCUT2D eigenvalue weighted by atomic mass is 35.5. The third-order valence-electron chi connectivity index (χ3n) is 6.63. The number of anilines is 1. The molecule has 0 bridgehead atoms. The second-order valence-corrected chi connectivity index (χ2v) is 12.0. The summed E-state index contributed by atoms with van der Waals surface area (Å²) in [5, 5.41) is 3.32. The van der Waals surface area contributed by atoms with E-state index < -0.39 is 28.5 Å². The van der Waals surface area contributed by atoms with Gasteiger partial charge in [-0.1, -0.05) is 42.8 Å². The lowest BCUT2D eigenvalue weighted by molar-refractivity contribution is -0.139. The minimum atomic E-state index is -4.16. The van der Waals surface area contributed by atoms with Gasteiger partial charge in [0.2, 0.25) is 11.8 Å². The van der Waals surface area contributed by atoms with E-state index in [1.165, 1.54) is 29.2 Å². The first-order valence-electron chi connectivity index (χ1n) is 13.0. The summed E-state index contributed by atoms with van der Waals surface area (Å²) in [5.74, 6) is -0.254. The van der Waals surface area contributed by atoms with Gasteiger partial charge in [-0.2, -0.15) is 0 Å². The van der Waals surface area contributed by atoms with Crippen molar-refractivity contribution in [3.8, 4) is 5.75 Å². The van der Waals surface area contributed by atoms with E-state index in [4.69, 9.17) is 16.3 Å². The number of carbonyl (C=O) groups is 2. The molecular formula is C30H36ClN3O5S. The summed E-state index contributed by atoms with van der Waals surface area (Å²) in [4.78, 5) is 28.5. The molecule has 10 heteroatoms. The van der Waals surface area contributed by atoms with Gasteiger partial charge in [0.25, 0.3) is 10.0 Å². The van der Waals surface area contributed by atoms with E-state index in [1.807, 2.05) is 32.9 Å². The van der Waals surface area contributed by atoms with Crippen molar-refractivity contribution in [2.75, 3.05) is 18.0 Å². The number of ether oxygens (including phenoxy) is 1. The van der Waals surface area contributed by atoms with Gasteiger partial charge in [0.05, 0.1) is 17.7 Å². The van der Waals surface area contributed by atoms with Gasteiger partial charge in [-0.15, -0.1) is 0 Å². The van der Waals surface area contributed by atoms with Crippen molar-refractivity contribution in [2.45, 2.75) is 57.6 Å². The van der Waals surface area contributed by atoms with Crippen LogP contribution in [-0.2, 0) is 26.2 Å². The van der Waals surface area contributed by atoms with E-state index in [0.29, 0.717) is 16.5 Å². The number of halogens is 1. The van der Waals surface area contributed by atoms with Gasteiger partial charge >= 0.3 is 0 Å². The van der Waals surface area contributed by atoms with Crippen LogP contribution in [-0.4, -0.2) is 50.9 Å². The molecule has 8 nitrogen and oxygen atoms in total. The average Bonchev–Trinajstić information content (AvgIpc) is 2.94. The molecule has 1 N–H and O–H groups in total. The van der Waals surface area contributed by atoms with Gasteiger partial charge in [0.15, 0.2) is 0 Å². The summed E-state index contributed by atoms with van der Waals surface area (Å²) in [7, 11) is -2.61. The van der Waals surface area contributed by atoms with Gasteiger partial charge in [-0.3, -0.25) is 13.9 Å². The number of hydrogen-bond acceptors (Lipinski definition) is 5. The van der Waals surface area contributed by atoms with Crippen molar-refractivity contribution < 1.29 is 22.7 Å². The molecule has 0 heterocycles. The molecule has 0 unspecified atom stereocenters. The molecular weight excluding hydrogens is 550 g/mol. The molecule has 0 aliphatic rings. The standard InChI is InChI=1S/C30H36ClN3O5S/c1-6-22(3)32-30(36)23(4)33(19-24-10-8-12-27(18-24)39-5)29(35)20-34(26-11-7-9-21(2)17-26)40(37,38)28-15-13-25(31)14-16-28/h7-18,22-23H,6,19-20H2,1-5H3,(H,32,36)/t22-,23-/m0/s1. The molecule has 3 rings (SSSR count). The first-order chi connectivity index (χ1) is 19.0. The Morgan fingerprint density at radius 2 is 1.68 bits per heavy atom. The summed E-state index contributed by atoms with van der Waals surface area (Å²) in [6.45, 7) is 6.88. The zero-order valence-electron chi connectivity index (χ0n) is 23.4. The third kappa shape index (κ3) is 7.76. The molecule has 0 aromatic heterocycles. The van der Waals surface area contributed by atoms with Gasteiger partial charge in [0.1, 0.15) is 18.3 Å². The van der Waals surface area contributed by atoms with E-state index in [1.54, 1.807) is 50.4 Å². The lowest BCUT2D eigenvalue weighted by Gasteiger charge is -2.32. The first kappa shape index (κ1) is 31.0. The molecule has 0 aliphatic carbocycles. The smallest absolute Gasteiger partial charge is 0.264 e. The van der Waals surface area contributed by atoms with E-state index in [0.717, 1.165) is 21.9 Å². The molecule has 0 fully saturated rings. The van der Waals surface area contributed by atoms with Crippen LogP contribution in [0.2, 0.25) is 5.02 Å². The van der Waals surface area contributed by atoms with Gasteiger partial charge in [0, 0.05) is 17.6 Å². The maximum Gasteiger partial charge on any atom is 0.264 e. The zero-order valence-corrected chi connectivity index (χ0v) is 25.0. The predicted octanol–water partition coefficient (Wildman–Crippen LogP) is 5.18. The number of benzene rings is 3. The molecule has 0 spiro atoms. The Morgan fingerprint density at radius 3 is 2.30 bits per heavy atom. The van der Waals surface area contributed by atoms with Crippen molar-refractivity contribution in [2.24, 2.45) is 0 Å². The number of aryl methyl sites for hydroxylation is 1. The number of rotatable bonds is 12. The maximum atomic E-state index is 14.0. The third-order valence-corrected chi connectivity index (χ3v) is 8.67. The number of hydrogen-bond donors (Lipinski definition) is 1. The Morgan fingerprint density at radius 1 is 1.00 bits per heavy atom. The Balaban J connectivity index is 2.03. The first-order valence-corrected chi connectivity index (χ1v) is 14.9. The fraction of sp³-hybridized carbons (Fsp3) is 0.333. The number of carbonyl (C=O) groups excluding carboxylic acids is 2. The van der Waals surface area contributed by atoms with Crippen LogP contribution in [0.25, 0.3) is 0 Å². The summed E-state index contributed by atoms with van der Waals surface area (Å²) in [6, 6.07) is 18.9. The quantitative estimate of drug-likeness (QED) is 0.316. The molecule has 0 saturated carbocycles. The zero-order chi connectivity index (χ0) is 29.4. The fourth-order valence-electron chi connectivity index (χ4n) is 4.06. The number of sulfonamides is 1. The van der Waals surface area contributed by atoms with E-state index in [2.05, 4.69) is 5.32 Å². The number of nitrogens with one attached hydrogen (secondary N) is 1. The summed E-state index contributed by atoms with van der Waals surface area (Å²) in [5.41, 5.74) is 1.90. The maximum absolute atomic E-state index is 14.0. The predicted molar refractivity (Wildman–Crippen MR) is 158 cm³/mol. The summed E-state index contributed by atoms with van der Waals surface area (Å²) >= 11 is 6.00. The lowest BCUT2D eigenvalue weighted by atomic mass is 10.1. The molecule has 3 aromatic rings. The Bertz CT molecular complexity index is 1430. The largest absolute Gasteiger partial charge is 0.497 e. The topological polar surface area (TPSA) is 96.0 Å². The van der Waals surface area contributed by atoms with Crippen LogP contribution >= 0.6 is 11.6 Å². The minimum Gasteiger partial charge on any atom is -0.497 e. The van der Waals surface area contributed by atoms with E-state index in [-0.39, 0.29) is 23.4 Å². The number of methoxy groups -OCH3 is 1. The monoisotopic (exact) mass is 585 g/mol. The molecule has 214 valence electrons. The van der Waals surface area contributed by atoms with Crippen LogP contribution in [0.5, 0.6) is 5.75 Å². The van der Waals surface area contributed by atoms with Gasteiger partial charge in [-0.25, -0.2) is 8.42 Å². The van der Waals surface area contributed by atoms with Gasteiger partial charge < -0.3 is 15.0 Å². The minimum absolute atomic E-state index is 0.00638. The summed E-state index contributed by atoms with van der Waals surface area (Å²) in [6.07, 6.45) is 0.725. The van der Waals surface area contributed by atoms with Crippen LogP contribution in [0.1, 0.15) is 38.3 Å². The van der Waals surface area contributed by atoms with Crippen LogP contribution in [0.4, 0.5) is 5.69 Å². The second kappa shape index (κ2) is 13.7. The molecule has 2 atom stereocenters. The fourth-order valence-corrected chi connectivity index (χ4v) is 5.59. The Hall–Kier alpha value is -3.56. The molecule has 0 radical (unpaired) electrons. The molecule has 3 aromatic carbocycles. The van der Waals surface area contributed by atoms with Crippen LogP contribution < -0.4 is 14.4 Å². The van der Waals surface area contributed by atoms with E-state index >= 15 is 0 Å². The van der Waals surface area contributed by atoms with Crippen molar-refractivity contribution in [1.29, 1.82) is 0 Å². The molecule has 2 amide bonds. The molecule has 40 heavy (non-hydrogen) atoms. The second-order valence-electron chi connectivity index (χ2n) is 9.67. The van der Waals surface area contributed by atoms with Crippen molar-refractivity contribution in [3.05, 3.63) is 88.9 Å². The van der Waals surface area contributed by atoms with Crippen LogP contribution in [0.15, 0.2) is 77.7 Å². The SMILES string of the molecule is CC[C@H](C)NC(=O)[C@H](C)N(Cc1cccc(OC)c1)C(=O)CN(c1cccc(C)c1)S(=O)(=O)c1ccc(Cl)cc1. The Kier molecular flexibility index (Phi) is 10.6. The highest BCUT2D eigenvalue weighted by molar-refractivity contribution is 7.92. The molecule has 0 saturated heterocycles. The van der Waals surface area contributed by atoms with Crippen LogP contribution in [0.3, 0.4) is 0 Å². The average molecular weight is 586 g/mol. The van der Waals surface area contributed by atoms with Crippen molar-refractivity contribution >= 4 is 39.1 Å². The number of amides is 2. The molecule has 0 aliphatic heterocycles. The normalized spacial score (nSPS) is 12.8.